The number of hydroxylamine groups is 2. The average molecular weight is 237 g/mol. The van der Waals surface area contributed by atoms with Crippen molar-refractivity contribution in [3.63, 3.8) is 0 Å². The molecular formula is C12H15NO2S. The third kappa shape index (κ3) is 1.76. The highest BCUT2D eigenvalue weighted by molar-refractivity contribution is 7.14. The molecule has 3 nitrogen and oxygen atoms in total. The van der Waals surface area contributed by atoms with Crippen LogP contribution in [0.25, 0.3) is 0 Å². The maximum atomic E-state index is 12.1. The van der Waals surface area contributed by atoms with E-state index in [1.807, 2.05) is 0 Å². The summed E-state index contributed by atoms with van der Waals surface area (Å²) in [6.45, 7) is 1.41. The first-order chi connectivity index (χ1) is 7.84. The van der Waals surface area contributed by atoms with Crippen LogP contribution >= 0.6 is 11.3 Å². The van der Waals surface area contributed by atoms with E-state index >= 15 is 0 Å². The Morgan fingerprint density at radius 2 is 2.19 bits per heavy atom. The number of rotatable bonds is 1. The molecule has 86 valence electrons. The molecular weight excluding hydrogens is 222 g/mol. The first-order valence-electron chi connectivity index (χ1n) is 5.91. The molecule has 0 N–H and O–H groups in total. The van der Waals surface area contributed by atoms with E-state index in [0.29, 0.717) is 6.61 Å². The van der Waals surface area contributed by atoms with Gasteiger partial charge in [-0.3, -0.25) is 9.63 Å². The third-order valence-electron chi connectivity index (χ3n) is 3.19. The molecule has 16 heavy (non-hydrogen) atoms. The smallest absolute Gasteiger partial charge is 0.271 e. The molecule has 0 radical (unpaired) electrons. The van der Waals surface area contributed by atoms with Crippen molar-refractivity contribution in [3.05, 3.63) is 21.4 Å². The fourth-order valence-electron chi connectivity index (χ4n) is 2.33. The lowest BCUT2D eigenvalue weighted by molar-refractivity contribution is -0.0765. The highest BCUT2D eigenvalue weighted by atomic mass is 32.1. The summed E-state index contributed by atoms with van der Waals surface area (Å²) in [4.78, 5) is 19.6. The second kappa shape index (κ2) is 4.18. The molecule has 0 unspecified atom stereocenters. The highest BCUT2D eigenvalue weighted by Gasteiger charge is 2.24. The molecule has 1 aromatic heterocycles. The van der Waals surface area contributed by atoms with Gasteiger partial charge in [0.15, 0.2) is 0 Å². The zero-order chi connectivity index (χ0) is 11.0. The van der Waals surface area contributed by atoms with E-state index in [2.05, 4.69) is 6.07 Å². The van der Waals surface area contributed by atoms with E-state index in [0.717, 1.165) is 30.7 Å². The van der Waals surface area contributed by atoms with Crippen LogP contribution in [0.5, 0.6) is 0 Å². The van der Waals surface area contributed by atoms with Gasteiger partial charge in [-0.2, -0.15) is 0 Å². The largest absolute Gasteiger partial charge is 0.287 e. The minimum atomic E-state index is 0.0527. The SMILES string of the molecule is O=C(c1cc2c(s1)CCCC2)N1CCCO1. The van der Waals surface area contributed by atoms with E-state index in [1.165, 1.54) is 28.3 Å². The van der Waals surface area contributed by atoms with E-state index < -0.39 is 0 Å². The summed E-state index contributed by atoms with van der Waals surface area (Å²) in [5.74, 6) is 0.0527. The van der Waals surface area contributed by atoms with Gasteiger partial charge in [0, 0.05) is 4.88 Å². The maximum absolute atomic E-state index is 12.1. The van der Waals surface area contributed by atoms with Crippen LogP contribution in [0.15, 0.2) is 6.07 Å². The van der Waals surface area contributed by atoms with Gasteiger partial charge in [0.2, 0.25) is 0 Å². The van der Waals surface area contributed by atoms with Crippen LogP contribution in [0.2, 0.25) is 0 Å². The van der Waals surface area contributed by atoms with Gasteiger partial charge in [-0.1, -0.05) is 0 Å². The first-order valence-corrected chi connectivity index (χ1v) is 6.72. The molecule has 1 saturated heterocycles. The molecule has 0 saturated carbocycles. The molecule has 1 fully saturated rings. The van der Waals surface area contributed by atoms with Crippen molar-refractivity contribution in [2.75, 3.05) is 13.2 Å². The Kier molecular flexibility index (Phi) is 2.69. The molecule has 0 atom stereocenters. The molecule has 1 aromatic rings. The lowest BCUT2D eigenvalue weighted by Gasteiger charge is -2.11. The fourth-order valence-corrected chi connectivity index (χ4v) is 3.52. The molecule has 2 aliphatic rings. The number of hydrogen-bond acceptors (Lipinski definition) is 3. The van der Waals surface area contributed by atoms with Gasteiger partial charge >= 0.3 is 0 Å². The van der Waals surface area contributed by atoms with E-state index in [1.54, 1.807) is 11.3 Å². The number of hydrogen-bond donors (Lipinski definition) is 0. The van der Waals surface area contributed by atoms with Crippen molar-refractivity contribution >= 4 is 17.2 Å². The monoisotopic (exact) mass is 237 g/mol. The number of carbonyl (C=O) groups is 1. The lowest BCUT2D eigenvalue weighted by atomic mass is 9.99. The number of thiophene rings is 1. The number of fused-ring (bicyclic) bond motifs is 1. The van der Waals surface area contributed by atoms with E-state index in [-0.39, 0.29) is 5.91 Å². The lowest BCUT2D eigenvalue weighted by Crippen LogP contribution is -2.25. The third-order valence-corrected chi connectivity index (χ3v) is 4.41. The molecule has 4 heteroatoms. The summed E-state index contributed by atoms with van der Waals surface area (Å²) in [6.07, 6.45) is 5.77. The number of amides is 1. The fraction of sp³-hybridized carbons (Fsp3) is 0.583. The topological polar surface area (TPSA) is 29.5 Å². The molecule has 3 rings (SSSR count). The van der Waals surface area contributed by atoms with E-state index in [9.17, 15) is 4.79 Å². The van der Waals surface area contributed by atoms with Crippen molar-refractivity contribution in [2.45, 2.75) is 32.1 Å². The predicted molar refractivity (Wildman–Crippen MR) is 62.6 cm³/mol. The van der Waals surface area contributed by atoms with Crippen LogP contribution in [-0.4, -0.2) is 24.1 Å². The van der Waals surface area contributed by atoms with Crippen LogP contribution in [0, 0.1) is 0 Å². The van der Waals surface area contributed by atoms with Crippen LogP contribution in [-0.2, 0) is 17.7 Å². The Hall–Kier alpha value is -0.870. The molecule has 1 aliphatic heterocycles. The molecule has 1 aliphatic carbocycles. The van der Waals surface area contributed by atoms with Crippen molar-refractivity contribution in [2.24, 2.45) is 0 Å². The average Bonchev–Trinajstić information content (AvgIpc) is 2.97. The second-order valence-electron chi connectivity index (χ2n) is 4.36. The summed E-state index contributed by atoms with van der Waals surface area (Å²) in [5, 5.41) is 1.51. The maximum Gasteiger partial charge on any atom is 0.287 e. The molecule has 0 aromatic carbocycles. The number of nitrogens with zero attached hydrogens (tertiary/aromatic N) is 1. The summed E-state index contributed by atoms with van der Waals surface area (Å²) >= 11 is 1.66. The van der Waals surface area contributed by atoms with Gasteiger partial charge in [0.05, 0.1) is 18.0 Å². The minimum absolute atomic E-state index is 0.0527. The molecule has 0 spiro atoms. The van der Waals surface area contributed by atoms with E-state index in [4.69, 9.17) is 4.84 Å². The van der Waals surface area contributed by atoms with Crippen LogP contribution in [0.1, 0.15) is 39.4 Å². The summed E-state index contributed by atoms with van der Waals surface area (Å²) in [7, 11) is 0. The van der Waals surface area contributed by atoms with Gasteiger partial charge in [-0.05, 0) is 43.7 Å². The van der Waals surface area contributed by atoms with Gasteiger partial charge < -0.3 is 0 Å². The van der Waals surface area contributed by atoms with Crippen molar-refractivity contribution in [1.82, 2.24) is 5.06 Å². The summed E-state index contributed by atoms with van der Waals surface area (Å²) in [6, 6.07) is 2.07. The normalized spacial score (nSPS) is 19.9. The Morgan fingerprint density at radius 3 is 2.94 bits per heavy atom. The summed E-state index contributed by atoms with van der Waals surface area (Å²) < 4.78 is 0. The molecule has 1 amide bonds. The van der Waals surface area contributed by atoms with Crippen molar-refractivity contribution in [1.29, 1.82) is 0 Å². The van der Waals surface area contributed by atoms with Gasteiger partial charge in [-0.25, -0.2) is 5.06 Å². The second-order valence-corrected chi connectivity index (χ2v) is 5.50. The Balaban J connectivity index is 1.83. The Bertz CT molecular complexity index is 384. The highest BCUT2D eigenvalue weighted by Crippen LogP contribution is 2.30. The van der Waals surface area contributed by atoms with Gasteiger partial charge in [-0.15, -0.1) is 11.3 Å². The number of carbonyl (C=O) groups excluding carboxylic acids is 1. The van der Waals surface area contributed by atoms with Crippen LogP contribution < -0.4 is 0 Å². The number of aryl methyl sites for hydroxylation is 2. The van der Waals surface area contributed by atoms with Crippen molar-refractivity contribution in [3.8, 4) is 0 Å². The molecule has 0 bridgehead atoms. The van der Waals surface area contributed by atoms with Gasteiger partial charge in [0.1, 0.15) is 0 Å². The van der Waals surface area contributed by atoms with Crippen LogP contribution in [0.3, 0.4) is 0 Å². The van der Waals surface area contributed by atoms with Gasteiger partial charge in [0.25, 0.3) is 5.91 Å². The molecule has 2 heterocycles. The first kappa shape index (κ1) is 10.3. The minimum Gasteiger partial charge on any atom is -0.271 e. The zero-order valence-electron chi connectivity index (χ0n) is 9.20. The standard InChI is InChI=1S/C12H15NO2S/c14-12(13-6-3-7-15-13)11-8-9-4-1-2-5-10(9)16-11/h8H,1-7H2. The summed E-state index contributed by atoms with van der Waals surface area (Å²) in [5.41, 5.74) is 1.39. The van der Waals surface area contributed by atoms with Crippen molar-refractivity contribution < 1.29 is 9.63 Å². The Labute approximate surface area is 99.0 Å². The Morgan fingerprint density at radius 1 is 1.31 bits per heavy atom. The quantitative estimate of drug-likeness (QED) is 0.750. The predicted octanol–water partition coefficient (Wildman–Crippen LogP) is 2.40. The van der Waals surface area contributed by atoms with Crippen LogP contribution in [0.4, 0.5) is 0 Å². The zero-order valence-corrected chi connectivity index (χ0v) is 10.0.